The normalized spacial score (nSPS) is 12.0. The molecular formula is C7H19NO3Si. The van der Waals surface area contributed by atoms with Crippen LogP contribution in [0.1, 0.15) is 13.8 Å². The minimum absolute atomic E-state index is 0.460. The quantitative estimate of drug-likeness (QED) is 0.330. The van der Waals surface area contributed by atoms with Crippen LogP contribution in [-0.4, -0.2) is 36.0 Å². The number of nitrogens with two attached hydrogens (primary N) is 1. The van der Waals surface area contributed by atoms with E-state index in [1.165, 1.54) is 0 Å². The Morgan fingerprint density at radius 3 is 2.25 bits per heavy atom. The Morgan fingerprint density at radius 2 is 1.83 bits per heavy atom. The molecule has 0 aliphatic heterocycles. The second-order valence-corrected chi connectivity index (χ2v) is 3.66. The van der Waals surface area contributed by atoms with Crippen molar-refractivity contribution in [1.29, 1.82) is 0 Å². The van der Waals surface area contributed by atoms with Crippen LogP contribution in [0.2, 0.25) is 6.04 Å². The van der Waals surface area contributed by atoms with Gasteiger partial charge >= 0.3 is 0 Å². The van der Waals surface area contributed by atoms with Crippen molar-refractivity contribution in [3.8, 4) is 0 Å². The Labute approximate surface area is 76.3 Å². The minimum Gasteiger partial charge on any atom is -0.379 e. The number of hydrogen-bond donors (Lipinski definition) is 1. The second kappa shape index (κ2) is 9.15. The molecule has 0 fully saturated rings. The molecule has 0 aliphatic rings. The van der Waals surface area contributed by atoms with Crippen molar-refractivity contribution in [2.75, 3.05) is 19.8 Å². The van der Waals surface area contributed by atoms with Gasteiger partial charge in [-0.25, -0.2) is 0 Å². The van der Waals surface area contributed by atoms with Gasteiger partial charge in [-0.3, -0.25) is 0 Å². The van der Waals surface area contributed by atoms with Crippen LogP contribution in [0.25, 0.3) is 0 Å². The molecule has 74 valence electrons. The average Bonchev–Trinajstić information content (AvgIpc) is 2.06. The van der Waals surface area contributed by atoms with Crippen LogP contribution in [0.5, 0.6) is 0 Å². The van der Waals surface area contributed by atoms with E-state index >= 15 is 0 Å². The second-order valence-electron chi connectivity index (χ2n) is 2.21. The van der Waals surface area contributed by atoms with E-state index in [1.807, 2.05) is 13.8 Å². The van der Waals surface area contributed by atoms with Crippen LogP contribution in [-0.2, 0) is 13.9 Å². The third kappa shape index (κ3) is 6.75. The Morgan fingerprint density at radius 1 is 1.25 bits per heavy atom. The molecule has 0 unspecified atom stereocenters. The van der Waals surface area contributed by atoms with Crippen LogP contribution in [0.4, 0.5) is 0 Å². The Kier molecular flexibility index (Phi) is 9.19. The van der Waals surface area contributed by atoms with Crippen molar-refractivity contribution in [1.82, 2.24) is 0 Å². The lowest BCUT2D eigenvalue weighted by atomic mass is 10.8. The van der Waals surface area contributed by atoms with Gasteiger partial charge < -0.3 is 19.6 Å². The molecule has 0 heterocycles. The first kappa shape index (κ1) is 12.1. The zero-order valence-electron chi connectivity index (χ0n) is 7.91. The molecule has 0 amide bonds. The van der Waals surface area contributed by atoms with E-state index in [-0.39, 0.29) is 0 Å². The van der Waals surface area contributed by atoms with Crippen molar-refractivity contribution in [2.24, 2.45) is 5.73 Å². The van der Waals surface area contributed by atoms with Crippen LogP contribution in [0.15, 0.2) is 0 Å². The molecule has 0 bridgehead atoms. The SMILES string of the molecule is CCOC(OCC)O[SiH2]CCN. The van der Waals surface area contributed by atoms with Gasteiger partial charge in [0.15, 0.2) is 9.76 Å². The fourth-order valence-corrected chi connectivity index (χ4v) is 1.40. The lowest BCUT2D eigenvalue weighted by molar-refractivity contribution is -0.243. The molecule has 5 heteroatoms. The zero-order valence-corrected chi connectivity index (χ0v) is 9.33. The van der Waals surface area contributed by atoms with Crippen molar-refractivity contribution in [3.63, 3.8) is 0 Å². The van der Waals surface area contributed by atoms with Crippen LogP contribution < -0.4 is 5.73 Å². The summed E-state index contributed by atoms with van der Waals surface area (Å²) in [6, 6.07) is 0.969. The third-order valence-corrected chi connectivity index (χ3v) is 2.41. The standard InChI is InChI=1S/C7H19NO3Si/c1-3-9-7(10-4-2)11-12-6-5-8/h7H,3-6,8,12H2,1-2H3. The highest BCUT2D eigenvalue weighted by Crippen LogP contribution is 1.96. The van der Waals surface area contributed by atoms with E-state index < -0.39 is 16.2 Å². The molecule has 0 radical (unpaired) electrons. The van der Waals surface area contributed by atoms with Crippen LogP contribution >= 0.6 is 0 Å². The summed E-state index contributed by atoms with van der Waals surface area (Å²) in [5, 5.41) is 0. The van der Waals surface area contributed by atoms with E-state index in [9.17, 15) is 0 Å². The highest BCUT2D eigenvalue weighted by Gasteiger charge is 2.06. The van der Waals surface area contributed by atoms with Crippen molar-refractivity contribution < 1.29 is 13.9 Å². The number of ether oxygens (including phenoxy) is 2. The molecule has 0 saturated heterocycles. The fourth-order valence-electron chi connectivity index (χ4n) is 0.679. The molecule has 0 aliphatic carbocycles. The number of hydrogen-bond acceptors (Lipinski definition) is 4. The number of rotatable bonds is 8. The van der Waals surface area contributed by atoms with Gasteiger partial charge in [-0.15, -0.1) is 0 Å². The largest absolute Gasteiger partial charge is 0.379 e. The first-order chi connectivity index (χ1) is 5.85. The molecule has 0 aromatic carbocycles. The van der Waals surface area contributed by atoms with Crippen LogP contribution in [0.3, 0.4) is 0 Å². The van der Waals surface area contributed by atoms with Crippen molar-refractivity contribution >= 4 is 9.76 Å². The fraction of sp³-hybridized carbons (Fsp3) is 1.00. The van der Waals surface area contributed by atoms with Crippen molar-refractivity contribution in [2.45, 2.75) is 26.4 Å². The summed E-state index contributed by atoms with van der Waals surface area (Å²) in [6.45, 7) is 5.29. The Bertz CT molecular complexity index is 88.7. The molecule has 0 atom stereocenters. The maximum atomic E-state index is 5.38. The maximum absolute atomic E-state index is 5.38. The predicted molar refractivity (Wildman–Crippen MR) is 50.5 cm³/mol. The van der Waals surface area contributed by atoms with Gasteiger partial charge in [-0.2, -0.15) is 0 Å². The van der Waals surface area contributed by atoms with Gasteiger partial charge in [0.05, 0.1) is 0 Å². The maximum Gasteiger partial charge on any atom is 0.261 e. The molecule has 0 aromatic rings. The summed E-state index contributed by atoms with van der Waals surface area (Å²) < 4.78 is 15.7. The summed E-state index contributed by atoms with van der Waals surface area (Å²) in [5.41, 5.74) is 5.34. The molecule has 0 aromatic heterocycles. The summed E-state index contributed by atoms with van der Waals surface area (Å²) in [7, 11) is -0.552. The van der Waals surface area contributed by atoms with Gasteiger partial charge in [-0.05, 0) is 26.4 Å². The summed E-state index contributed by atoms with van der Waals surface area (Å²) >= 11 is 0. The van der Waals surface area contributed by atoms with Gasteiger partial charge in [0.2, 0.25) is 0 Å². The average molecular weight is 193 g/mol. The lowest BCUT2D eigenvalue weighted by Crippen LogP contribution is -2.23. The van der Waals surface area contributed by atoms with Crippen LogP contribution in [0, 0.1) is 0 Å². The Hall–Kier alpha value is 0.0569. The summed E-state index contributed by atoms with van der Waals surface area (Å²) in [5.74, 6) is 0. The summed E-state index contributed by atoms with van der Waals surface area (Å²) in [6.07, 6.45) is 0. The van der Waals surface area contributed by atoms with Gasteiger partial charge in [0.25, 0.3) is 6.48 Å². The molecule has 0 rings (SSSR count). The van der Waals surface area contributed by atoms with E-state index in [1.54, 1.807) is 0 Å². The molecule has 4 nitrogen and oxygen atoms in total. The highest BCUT2D eigenvalue weighted by atomic mass is 28.2. The predicted octanol–water partition coefficient (Wildman–Crippen LogP) is -0.180. The molecule has 0 saturated carbocycles. The smallest absolute Gasteiger partial charge is 0.261 e. The molecular weight excluding hydrogens is 174 g/mol. The molecule has 0 spiro atoms. The van der Waals surface area contributed by atoms with E-state index in [0.717, 1.165) is 6.04 Å². The third-order valence-electron chi connectivity index (χ3n) is 1.21. The first-order valence-corrected chi connectivity index (χ1v) is 5.97. The van der Waals surface area contributed by atoms with Gasteiger partial charge in [0, 0.05) is 13.2 Å². The highest BCUT2D eigenvalue weighted by molar-refractivity contribution is 6.27. The van der Waals surface area contributed by atoms with Gasteiger partial charge in [0.1, 0.15) is 0 Å². The summed E-state index contributed by atoms with van der Waals surface area (Å²) in [4.78, 5) is 0. The van der Waals surface area contributed by atoms with E-state index in [0.29, 0.717) is 19.8 Å². The van der Waals surface area contributed by atoms with E-state index in [4.69, 9.17) is 19.6 Å². The molecule has 2 N–H and O–H groups in total. The monoisotopic (exact) mass is 193 g/mol. The lowest BCUT2D eigenvalue weighted by Gasteiger charge is -2.16. The topological polar surface area (TPSA) is 53.7 Å². The Balaban J connectivity index is 3.34. The van der Waals surface area contributed by atoms with Crippen molar-refractivity contribution in [3.05, 3.63) is 0 Å². The molecule has 12 heavy (non-hydrogen) atoms. The first-order valence-electron chi connectivity index (χ1n) is 4.40. The minimum atomic E-state index is -0.552. The van der Waals surface area contributed by atoms with E-state index in [2.05, 4.69) is 0 Å². The van der Waals surface area contributed by atoms with Gasteiger partial charge in [-0.1, -0.05) is 0 Å². The zero-order chi connectivity index (χ0) is 9.23.